The Balaban J connectivity index is 1.95. The van der Waals surface area contributed by atoms with Crippen LogP contribution < -0.4 is 5.73 Å². The van der Waals surface area contributed by atoms with Crippen molar-refractivity contribution in [2.75, 3.05) is 0 Å². The molecule has 0 aliphatic heterocycles. The molecule has 2 unspecified atom stereocenters. The molecule has 1 aromatic rings. The summed E-state index contributed by atoms with van der Waals surface area (Å²) < 4.78 is 19.5. The topological polar surface area (TPSA) is 35.2 Å². The van der Waals surface area contributed by atoms with Gasteiger partial charge in [0.15, 0.2) is 0 Å². The second-order valence-electron chi connectivity index (χ2n) is 4.86. The summed E-state index contributed by atoms with van der Waals surface area (Å²) in [6.45, 7) is 0.241. The van der Waals surface area contributed by atoms with Gasteiger partial charge in [0.1, 0.15) is 5.82 Å². The summed E-state index contributed by atoms with van der Waals surface area (Å²) in [5.41, 5.74) is 6.57. The van der Waals surface area contributed by atoms with Crippen LogP contribution in [0.25, 0.3) is 0 Å². The minimum atomic E-state index is -0.388. The molecule has 0 saturated heterocycles. The van der Waals surface area contributed by atoms with E-state index >= 15 is 0 Å². The first kappa shape index (κ1) is 13.8. The Hall–Kier alpha value is -0.640. The van der Waals surface area contributed by atoms with Crippen molar-refractivity contribution in [1.29, 1.82) is 0 Å². The van der Waals surface area contributed by atoms with Crippen LogP contribution in [-0.2, 0) is 11.3 Å². The minimum absolute atomic E-state index is 0.0332. The lowest BCUT2D eigenvalue weighted by atomic mass is 10.1. The van der Waals surface area contributed by atoms with Crippen LogP contribution in [0.5, 0.6) is 0 Å². The van der Waals surface area contributed by atoms with E-state index in [0.717, 1.165) is 25.7 Å². The predicted octanol–water partition coefficient (Wildman–Crippen LogP) is 3.66. The van der Waals surface area contributed by atoms with Crippen LogP contribution >= 0.6 is 11.6 Å². The Bertz CT molecular complexity index is 399. The fraction of sp³-hybridized carbons (Fsp3) is 0.571. The van der Waals surface area contributed by atoms with Gasteiger partial charge in [0.2, 0.25) is 0 Å². The predicted molar refractivity (Wildman–Crippen MR) is 71.0 cm³/mol. The molecule has 0 spiro atoms. The molecule has 1 aliphatic carbocycles. The van der Waals surface area contributed by atoms with E-state index in [9.17, 15) is 4.39 Å². The molecule has 0 radical (unpaired) electrons. The fourth-order valence-corrected chi connectivity index (χ4v) is 2.56. The lowest BCUT2D eigenvalue weighted by Gasteiger charge is -2.22. The molecule has 100 valence electrons. The molecule has 4 heteroatoms. The average Bonchev–Trinajstić information content (AvgIpc) is 2.56. The molecule has 1 fully saturated rings. The summed E-state index contributed by atoms with van der Waals surface area (Å²) >= 11 is 5.73. The molecule has 18 heavy (non-hydrogen) atoms. The van der Waals surface area contributed by atoms with E-state index in [1.54, 1.807) is 12.1 Å². The van der Waals surface area contributed by atoms with Gasteiger partial charge in [-0.05, 0) is 18.9 Å². The Morgan fingerprint density at radius 1 is 1.28 bits per heavy atom. The minimum Gasteiger partial charge on any atom is -0.372 e. The zero-order chi connectivity index (χ0) is 13.0. The lowest BCUT2D eigenvalue weighted by molar-refractivity contribution is 0.0181. The largest absolute Gasteiger partial charge is 0.372 e. The van der Waals surface area contributed by atoms with Crippen molar-refractivity contribution in [3.63, 3.8) is 0 Å². The van der Waals surface area contributed by atoms with Gasteiger partial charge in [0.25, 0.3) is 0 Å². The van der Waals surface area contributed by atoms with Gasteiger partial charge in [-0.25, -0.2) is 4.39 Å². The molecular formula is C14H19ClFNO. The van der Waals surface area contributed by atoms with Crippen LogP contribution in [0.15, 0.2) is 18.2 Å². The second kappa shape index (κ2) is 6.50. The van der Waals surface area contributed by atoms with Gasteiger partial charge in [-0.1, -0.05) is 43.0 Å². The zero-order valence-electron chi connectivity index (χ0n) is 10.4. The number of halogens is 2. The van der Waals surface area contributed by atoms with E-state index in [4.69, 9.17) is 22.1 Å². The summed E-state index contributed by atoms with van der Waals surface area (Å²) in [7, 11) is 0. The molecule has 2 N–H and O–H groups in total. The van der Waals surface area contributed by atoms with Gasteiger partial charge in [0.05, 0.1) is 17.7 Å². The molecule has 2 rings (SSSR count). The van der Waals surface area contributed by atoms with E-state index in [0.29, 0.717) is 5.56 Å². The SMILES string of the molecule is NC1CCCCCC1OCc1cccc(Cl)c1F. The van der Waals surface area contributed by atoms with Crippen molar-refractivity contribution >= 4 is 11.6 Å². The summed E-state index contributed by atoms with van der Waals surface area (Å²) in [5.74, 6) is -0.388. The number of hydrogen-bond acceptors (Lipinski definition) is 2. The first-order valence-electron chi connectivity index (χ1n) is 6.48. The highest BCUT2D eigenvalue weighted by Gasteiger charge is 2.21. The van der Waals surface area contributed by atoms with E-state index < -0.39 is 0 Å². The highest BCUT2D eigenvalue weighted by Crippen LogP contribution is 2.23. The summed E-state index contributed by atoms with van der Waals surface area (Å²) in [5, 5.41) is 0.140. The van der Waals surface area contributed by atoms with Crippen LogP contribution in [-0.4, -0.2) is 12.1 Å². The van der Waals surface area contributed by atoms with Crippen molar-refractivity contribution in [2.24, 2.45) is 5.73 Å². The van der Waals surface area contributed by atoms with Gasteiger partial charge in [0, 0.05) is 11.6 Å². The molecular weight excluding hydrogens is 253 g/mol. The Kier molecular flexibility index (Phi) is 4.98. The quantitative estimate of drug-likeness (QED) is 0.852. The van der Waals surface area contributed by atoms with Crippen molar-refractivity contribution in [3.8, 4) is 0 Å². The lowest BCUT2D eigenvalue weighted by Crippen LogP contribution is -2.35. The van der Waals surface area contributed by atoms with Gasteiger partial charge in [-0.15, -0.1) is 0 Å². The van der Waals surface area contributed by atoms with Gasteiger partial charge >= 0.3 is 0 Å². The normalized spacial score (nSPS) is 24.8. The second-order valence-corrected chi connectivity index (χ2v) is 5.27. The van der Waals surface area contributed by atoms with E-state index in [1.165, 1.54) is 12.5 Å². The first-order valence-corrected chi connectivity index (χ1v) is 6.86. The average molecular weight is 272 g/mol. The van der Waals surface area contributed by atoms with E-state index in [1.807, 2.05) is 0 Å². The number of rotatable bonds is 3. The van der Waals surface area contributed by atoms with Crippen LogP contribution in [0.3, 0.4) is 0 Å². The van der Waals surface area contributed by atoms with Crippen LogP contribution in [0, 0.1) is 5.82 Å². The van der Waals surface area contributed by atoms with Crippen LogP contribution in [0.1, 0.15) is 37.7 Å². The van der Waals surface area contributed by atoms with Crippen LogP contribution in [0.4, 0.5) is 4.39 Å². The Morgan fingerprint density at radius 3 is 2.89 bits per heavy atom. The summed E-state index contributed by atoms with van der Waals surface area (Å²) in [4.78, 5) is 0. The molecule has 0 amide bonds. The number of ether oxygens (including phenoxy) is 1. The molecule has 1 saturated carbocycles. The fourth-order valence-electron chi connectivity index (χ4n) is 2.37. The maximum Gasteiger partial charge on any atom is 0.147 e. The van der Waals surface area contributed by atoms with Crippen molar-refractivity contribution in [2.45, 2.75) is 50.9 Å². The number of benzene rings is 1. The highest BCUT2D eigenvalue weighted by atomic mass is 35.5. The highest BCUT2D eigenvalue weighted by molar-refractivity contribution is 6.30. The smallest absolute Gasteiger partial charge is 0.147 e. The Labute approximate surface area is 112 Å². The third-order valence-corrected chi connectivity index (χ3v) is 3.78. The number of hydrogen-bond donors (Lipinski definition) is 1. The molecule has 0 bridgehead atoms. The molecule has 0 heterocycles. The van der Waals surface area contributed by atoms with Crippen LogP contribution in [0.2, 0.25) is 5.02 Å². The maximum absolute atomic E-state index is 13.7. The summed E-state index contributed by atoms with van der Waals surface area (Å²) in [6, 6.07) is 5.04. The van der Waals surface area contributed by atoms with E-state index in [2.05, 4.69) is 0 Å². The van der Waals surface area contributed by atoms with Gasteiger partial charge < -0.3 is 10.5 Å². The van der Waals surface area contributed by atoms with Gasteiger partial charge in [-0.2, -0.15) is 0 Å². The molecule has 2 atom stereocenters. The van der Waals surface area contributed by atoms with Gasteiger partial charge in [-0.3, -0.25) is 0 Å². The van der Waals surface area contributed by atoms with Crippen molar-refractivity contribution in [3.05, 3.63) is 34.6 Å². The number of nitrogens with two attached hydrogens (primary N) is 1. The third-order valence-electron chi connectivity index (χ3n) is 3.49. The third kappa shape index (κ3) is 3.44. The molecule has 2 nitrogen and oxygen atoms in total. The maximum atomic E-state index is 13.7. The Morgan fingerprint density at radius 2 is 2.06 bits per heavy atom. The molecule has 1 aliphatic rings. The standard InChI is InChI=1S/C14H19ClFNO/c15-11-6-4-5-10(14(11)16)9-18-13-8-3-1-2-7-12(13)17/h4-6,12-13H,1-3,7-9,17H2. The molecule has 0 aromatic heterocycles. The first-order chi connectivity index (χ1) is 8.68. The summed E-state index contributed by atoms with van der Waals surface area (Å²) in [6.07, 6.45) is 5.49. The van der Waals surface area contributed by atoms with E-state index in [-0.39, 0.29) is 29.6 Å². The van der Waals surface area contributed by atoms with Crippen molar-refractivity contribution in [1.82, 2.24) is 0 Å². The van der Waals surface area contributed by atoms with Crippen molar-refractivity contribution < 1.29 is 9.13 Å². The molecule has 1 aromatic carbocycles. The zero-order valence-corrected chi connectivity index (χ0v) is 11.1. The monoisotopic (exact) mass is 271 g/mol.